The molecule has 15 heavy (non-hydrogen) atoms. The van der Waals surface area contributed by atoms with E-state index < -0.39 is 6.09 Å². The minimum atomic E-state index is -0.812. The van der Waals surface area contributed by atoms with E-state index in [1.54, 1.807) is 17.1 Å². The number of carbonyl (C=O) groups is 1. The van der Waals surface area contributed by atoms with Crippen molar-refractivity contribution in [3.63, 3.8) is 0 Å². The molecule has 3 nitrogen and oxygen atoms in total. The van der Waals surface area contributed by atoms with Gasteiger partial charge in [-0.1, -0.05) is 12.2 Å². The van der Waals surface area contributed by atoms with Gasteiger partial charge in [-0.25, -0.2) is 4.79 Å². The fourth-order valence-corrected chi connectivity index (χ4v) is 2.33. The van der Waals surface area contributed by atoms with Gasteiger partial charge in [-0.15, -0.1) is 13.2 Å². The molecule has 2 atom stereocenters. The Labute approximate surface area is 91.1 Å². The fraction of sp³-hybridized carbons (Fsp3) is 0.583. The minimum absolute atomic E-state index is 0.110. The van der Waals surface area contributed by atoms with Crippen LogP contribution >= 0.6 is 0 Å². The Bertz CT molecular complexity index is 232. The van der Waals surface area contributed by atoms with Crippen molar-refractivity contribution in [3.8, 4) is 0 Å². The van der Waals surface area contributed by atoms with Crippen LogP contribution in [0.5, 0.6) is 0 Å². The van der Waals surface area contributed by atoms with Crippen LogP contribution in [0.1, 0.15) is 32.1 Å². The molecule has 0 aliphatic carbocycles. The van der Waals surface area contributed by atoms with E-state index in [-0.39, 0.29) is 12.1 Å². The van der Waals surface area contributed by atoms with Crippen LogP contribution in [-0.4, -0.2) is 28.2 Å². The highest BCUT2D eigenvalue weighted by Crippen LogP contribution is 2.27. The third-order valence-electron chi connectivity index (χ3n) is 2.96. The van der Waals surface area contributed by atoms with Crippen LogP contribution in [-0.2, 0) is 0 Å². The van der Waals surface area contributed by atoms with E-state index in [4.69, 9.17) is 0 Å². The highest BCUT2D eigenvalue weighted by Gasteiger charge is 2.32. The van der Waals surface area contributed by atoms with Crippen LogP contribution < -0.4 is 0 Å². The Kier molecular flexibility index (Phi) is 4.40. The number of hydrogen-bond acceptors (Lipinski definition) is 1. The smallest absolute Gasteiger partial charge is 0.407 e. The van der Waals surface area contributed by atoms with Gasteiger partial charge in [-0.3, -0.25) is 0 Å². The molecule has 0 bridgehead atoms. The maximum absolute atomic E-state index is 11.2. The average molecular weight is 209 g/mol. The summed E-state index contributed by atoms with van der Waals surface area (Å²) in [6.07, 6.45) is 7.29. The van der Waals surface area contributed by atoms with Gasteiger partial charge in [-0.2, -0.15) is 0 Å². The Balaban J connectivity index is 2.74. The van der Waals surface area contributed by atoms with E-state index in [1.165, 1.54) is 0 Å². The number of rotatable bonds is 4. The molecule has 1 amide bonds. The summed E-state index contributed by atoms with van der Waals surface area (Å²) in [6.45, 7) is 7.36. The molecule has 1 heterocycles. The topological polar surface area (TPSA) is 40.5 Å². The number of hydrogen-bond donors (Lipinski definition) is 1. The second-order valence-electron chi connectivity index (χ2n) is 3.98. The van der Waals surface area contributed by atoms with E-state index in [2.05, 4.69) is 13.2 Å². The summed E-state index contributed by atoms with van der Waals surface area (Å²) in [7, 11) is 0. The summed E-state index contributed by atoms with van der Waals surface area (Å²) < 4.78 is 0. The van der Waals surface area contributed by atoms with Gasteiger partial charge < -0.3 is 10.0 Å². The summed E-state index contributed by atoms with van der Waals surface area (Å²) in [5.41, 5.74) is 0. The molecule has 1 rings (SSSR count). The maximum atomic E-state index is 11.2. The predicted octanol–water partition coefficient (Wildman–Crippen LogP) is 3.04. The third-order valence-corrected chi connectivity index (χ3v) is 2.96. The summed E-state index contributed by atoms with van der Waals surface area (Å²) in [4.78, 5) is 12.8. The average Bonchev–Trinajstić information content (AvgIpc) is 2.18. The second-order valence-corrected chi connectivity index (χ2v) is 3.98. The summed E-state index contributed by atoms with van der Waals surface area (Å²) in [6, 6.07) is 0.220. The predicted molar refractivity (Wildman–Crippen MR) is 60.9 cm³/mol. The van der Waals surface area contributed by atoms with Gasteiger partial charge in [0.25, 0.3) is 0 Å². The zero-order chi connectivity index (χ0) is 11.3. The van der Waals surface area contributed by atoms with Crippen LogP contribution in [0, 0.1) is 0 Å². The lowest BCUT2D eigenvalue weighted by atomic mass is 9.92. The molecule has 1 N–H and O–H groups in total. The Morgan fingerprint density at radius 2 is 1.73 bits per heavy atom. The highest BCUT2D eigenvalue weighted by molar-refractivity contribution is 5.66. The Hall–Kier alpha value is -1.25. The zero-order valence-electron chi connectivity index (χ0n) is 9.06. The summed E-state index contributed by atoms with van der Waals surface area (Å²) >= 11 is 0. The number of carboxylic acid groups (broad SMARTS) is 1. The van der Waals surface area contributed by atoms with Gasteiger partial charge in [0.2, 0.25) is 0 Å². The van der Waals surface area contributed by atoms with E-state index >= 15 is 0 Å². The molecule has 1 saturated heterocycles. The first-order chi connectivity index (χ1) is 7.20. The molecule has 0 aromatic carbocycles. The van der Waals surface area contributed by atoms with Gasteiger partial charge in [0, 0.05) is 12.1 Å². The lowest BCUT2D eigenvalue weighted by Crippen LogP contribution is -2.49. The van der Waals surface area contributed by atoms with E-state index in [0.717, 1.165) is 32.1 Å². The lowest BCUT2D eigenvalue weighted by molar-refractivity contribution is 0.0731. The fourth-order valence-electron chi connectivity index (χ4n) is 2.33. The molecule has 0 aromatic heterocycles. The van der Waals surface area contributed by atoms with Crippen molar-refractivity contribution in [2.45, 2.75) is 44.2 Å². The van der Waals surface area contributed by atoms with Gasteiger partial charge in [0.1, 0.15) is 0 Å². The van der Waals surface area contributed by atoms with Crippen molar-refractivity contribution >= 4 is 6.09 Å². The summed E-state index contributed by atoms with van der Waals surface area (Å²) in [5, 5.41) is 9.19. The molecule has 0 spiro atoms. The van der Waals surface area contributed by atoms with E-state index in [1.807, 2.05) is 0 Å². The van der Waals surface area contributed by atoms with Crippen LogP contribution in [0.3, 0.4) is 0 Å². The largest absolute Gasteiger partial charge is 0.465 e. The first-order valence-electron chi connectivity index (χ1n) is 5.43. The van der Waals surface area contributed by atoms with Gasteiger partial charge >= 0.3 is 6.09 Å². The van der Waals surface area contributed by atoms with Crippen LogP contribution in [0.25, 0.3) is 0 Å². The van der Waals surface area contributed by atoms with Gasteiger partial charge in [0.05, 0.1) is 0 Å². The number of likely N-dealkylation sites (tertiary alicyclic amines) is 1. The molecular formula is C12H19NO2. The van der Waals surface area contributed by atoms with Crippen molar-refractivity contribution in [3.05, 3.63) is 25.3 Å². The van der Waals surface area contributed by atoms with Gasteiger partial charge in [0.15, 0.2) is 0 Å². The molecule has 2 unspecified atom stereocenters. The molecular weight excluding hydrogens is 190 g/mol. The van der Waals surface area contributed by atoms with Crippen LogP contribution in [0.15, 0.2) is 25.3 Å². The zero-order valence-corrected chi connectivity index (χ0v) is 9.06. The minimum Gasteiger partial charge on any atom is -0.465 e. The number of nitrogens with zero attached hydrogens (tertiary/aromatic N) is 1. The molecule has 1 fully saturated rings. The van der Waals surface area contributed by atoms with E-state index in [0.29, 0.717) is 0 Å². The molecule has 3 heteroatoms. The van der Waals surface area contributed by atoms with Crippen LogP contribution in [0.2, 0.25) is 0 Å². The Morgan fingerprint density at radius 3 is 2.07 bits per heavy atom. The molecule has 0 saturated carbocycles. The molecule has 0 radical (unpaired) electrons. The number of piperidine rings is 1. The standard InChI is InChI=1S/C12H19NO2/c1-3-6-10-8-5-9-11(7-4-2)13(10)12(14)15/h3-4,10-11H,1-2,5-9H2,(H,14,15). The van der Waals surface area contributed by atoms with Crippen molar-refractivity contribution in [2.75, 3.05) is 0 Å². The maximum Gasteiger partial charge on any atom is 0.407 e. The monoisotopic (exact) mass is 209 g/mol. The molecule has 0 aromatic rings. The van der Waals surface area contributed by atoms with Crippen molar-refractivity contribution < 1.29 is 9.90 Å². The first-order valence-corrected chi connectivity index (χ1v) is 5.43. The lowest BCUT2D eigenvalue weighted by Gasteiger charge is -2.39. The third kappa shape index (κ3) is 2.85. The first kappa shape index (κ1) is 11.8. The molecule has 1 aliphatic rings. The molecule has 84 valence electrons. The number of amides is 1. The van der Waals surface area contributed by atoms with Crippen molar-refractivity contribution in [1.29, 1.82) is 0 Å². The SMILES string of the molecule is C=CCC1CCCC(CC=C)N1C(=O)O. The molecule has 1 aliphatic heterocycles. The normalized spacial score (nSPS) is 26.0. The van der Waals surface area contributed by atoms with Crippen molar-refractivity contribution in [2.24, 2.45) is 0 Å². The Morgan fingerprint density at radius 1 is 1.27 bits per heavy atom. The van der Waals surface area contributed by atoms with Gasteiger partial charge in [-0.05, 0) is 32.1 Å². The highest BCUT2D eigenvalue weighted by atomic mass is 16.4. The quantitative estimate of drug-likeness (QED) is 0.723. The summed E-state index contributed by atoms with van der Waals surface area (Å²) in [5.74, 6) is 0. The van der Waals surface area contributed by atoms with E-state index in [9.17, 15) is 9.90 Å². The second kappa shape index (κ2) is 5.59. The van der Waals surface area contributed by atoms with Crippen LogP contribution in [0.4, 0.5) is 4.79 Å². The van der Waals surface area contributed by atoms with Crippen molar-refractivity contribution in [1.82, 2.24) is 4.90 Å².